The van der Waals surface area contributed by atoms with Crippen molar-refractivity contribution in [3.8, 4) is 5.75 Å². The molecule has 108 valence electrons. The Hall–Kier alpha value is -2.60. The zero-order chi connectivity index (χ0) is 15.1. The molecule has 2 aromatic rings. The lowest BCUT2D eigenvalue weighted by Crippen LogP contribution is -2.43. The number of hydrogen-bond donors (Lipinski definition) is 2. The Bertz CT molecular complexity index is 634. The van der Waals surface area contributed by atoms with Gasteiger partial charge < -0.3 is 4.74 Å². The lowest BCUT2D eigenvalue weighted by molar-refractivity contribution is -0.123. The van der Waals surface area contributed by atoms with Crippen molar-refractivity contribution < 1.29 is 14.3 Å². The molecule has 0 aliphatic heterocycles. The van der Waals surface area contributed by atoms with Gasteiger partial charge in [0.15, 0.2) is 6.61 Å². The van der Waals surface area contributed by atoms with E-state index in [1.807, 2.05) is 0 Å². The lowest BCUT2D eigenvalue weighted by atomic mass is 10.3. The fourth-order valence-electron chi connectivity index (χ4n) is 1.44. The third-order valence-electron chi connectivity index (χ3n) is 2.42. The summed E-state index contributed by atoms with van der Waals surface area (Å²) in [6.45, 7) is -0.239. The molecule has 0 saturated carbocycles. The Morgan fingerprint density at radius 3 is 2.62 bits per heavy atom. The van der Waals surface area contributed by atoms with E-state index >= 15 is 0 Å². The summed E-state index contributed by atoms with van der Waals surface area (Å²) >= 11 is 5.79. The quantitative estimate of drug-likeness (QED) is 0.840. The van der Waals surface area contributed by atoms with Crippen LogP contribution >= 0.6 is 11.6 Å². The molecule has 1 heterocycles. The van der Waals surface area contributed by atoms with Gasteiger partial charge in [-0.05, 0) is 30.3 Å². The Labute approximate surface area is 126 Å². The van der Waals surface area contributed by atoms with Crippen LogP contribution in [-0.2, 0) is 4.79 Å². The molecule has 0 saturated heterocycles. The van der Waals surface area contributed by atoms with Gasteiger partial charge in [0, 0.05) is 23.0 Å². The van der Waals surface area contributed by atoms with Crippen LogP contribution in [0.5, 0.6) is 5.75 Å². The monoisotopic (exact) mass is 305 g/mol. The van der Waals surface area contributed by atoms with Crippen molar-refractivity contribution in [2.24, 2.45) is 0 Å². The molecule has 0 aliphatic rings. The summed E-state index contributed by atoms with van der Waals surface area (Å²) in [5.74, 6) is -0.455. The molecule has 1 aromatic heterocycles. The Morgan fingerprint density at radius 1 is 1.14 bits per heavy atom. The fourth-order valence-corrected chi connectivity index (χ4v) is 1.62. The van der Waals surface area contributed by atoms with Gasteiger partial charge >= 0.3 is 0 Å². The Kier molecular flexibility index (Phi) is 5.11. The van der Waals surface area contributed by atoms with Crippen LogP contribution in [0.1, 0.15) is 10.4 Å². The van der Waals surface area contributed by atoms with Crippen LogP contribution in [0.2, 0.25) is 5.02 Å². The average Bonchev–Trinajstić information content (AvgIpc) is 2.51. The highest BCUT2D eigenvalue weighted by Gasteiger charge is 2.07. The molecule has 0 atom stereocenters. The van der Waals surface area contributed by atoms with Crippen LogP contribution in [0.3, 0.4) is 0 Å². The maximum Gasteiger partial charge on any atom is 0.276 e. The smallest absolute Gasteiger partial charge is 0.276 e. The first kappa shape index (κ1) is 14.8. The van der Waals surface area contributed by atoms with Crippen molar-refractivity contribution in [3.63, 3.8) is 0 Å². The maximum absolute atomic E-state index is 11.7. The molecule has 2 amide bonds. The van der Waals surface area contributed by atoms with Gasteiger partial charge in [-0.1, -0.05) is 17.7 Å². The van der Waals surface area contributed by atoms with Crippen LogP contribution in [-0.4, -0.2) is 23.4 Å². The van der Waals surface area contributed by atoms with E-state index in [0.29, 0.717) is 16.3 Å². The van der Waals surface area contributed by atoms with Crippen LogP contribution in [0.25, 0.3) is 0 Å². The predicted molar refractivity (Wildman–Crippen MR) is 76.8 cm³/mol. The molecule has 0 spiro atoms. The van der Waals surface area contributed by atoms with E-state index in [1.54, 1.807) is 24.3 Å². The molecular weight excluding hydrogens is 294 g/mol. The van der Waals surface area contributed by atoms with Gasteiger partial charge in [-0.15, -0.1) is 0 Å². The number of carbonyl (C=O) groups excluding carboxylic acids is 2. The number of ether oxygens (including phenoxy) is 1. The largest absolute Gasteiger partial charge is 0.484 e. The summed E-state index contributed by atoms with van der Waals surface area (Å²) < 4.78 is 5.23. The van der Waals surface area contributed by atoms with E-state index in [2.05, 4.69) is 15.8 Å². The third-order valence-corrected chi connectivity index (χ3v) is 2.66. The van der Waals surface area contributed by atoms with Crippen LogP contribution in [0, 0.1) is 0 Å². The molecule has 0 fully saturated rings. The average molecular weight is 306 g/mol. The predicted octanol–water partition coefficient (Wildman–Crippen LogP) is 1.57. The van der Waals surface area contributed by atoms with Gasteiger partial charge in [0.1, 0.15) is 5.75 Å². The van der Waals surface area contributed by atoms with Crippen LogP contribution in [0.15, 0.2) is 48.8 Å². The minimum absolute atomic E-state index is 0.239. The van der Waals surface area contributed by atoms with Crippen molar-refractivity contribution in [3.05, 3.63) is 59.4 Å². The van der Waals surface area contributed by atoms with Gasteiger partial charge in [0.05, 0.1) is 0 Å². The van der Waals surface area contributed by atoms with E-state index in [-0.39, 0.29) is 6.61 Å². The third kappa shape index (κ3) is 4.77. The zero-order valence-electron chi connectivity index (χ0n) is 10.9. The number of aromatic nitrogens is 1. The molecule has 1 aromatic carbocycles. The number of amides is 2. The first-order valence-corrected chi connectivity index (χ1v) is 6.40. The van der Waals surface area contributed by atoms with Gasteiger partial charge in [0.2, 0.25) is 0 Å². The molecule has 7 heteroatoms. The molecule has 21 heavy (non-hydrogen) atoms. The van der Waals surface area contributed by atoms with Gasteiger partial charge in [0.25, 0.3) is 11.8 Å². The van der Waals surface area contributed by atoms with E-state index in [4.69, 9.17) is 16.3 Å². The summed E-state index contributed by atoms with van der Waals surface area (Å²) in [7, 11) is 0. The summed E-state index contributed by atoms with van der Waals surface area (Å²) in [6.07, 6.45) is 2.97. The minimum Gasteiger partial charge on any atom is -0.484 e. The Morgan fingerprint density at radius 2 is 1.90 bits per heavy atom. The summed E-state index contributed by atoms with van der Waals surface area (Å²) in [5, 5.41) is 0.513. The van der Waals surface area contributed by atoms with Gasteiger partial charge in [-0.2, -0.15) is 0 Å². The molecule has 6 nitrogen and oxygen atoms in total. The van der Waals surface area contributed by atoms with E-state index in [1.165, 1.54) is 24.5 Å². The number of rotatable bonds is 4. The number of halogens is 1. The number of carbonyl (C=O) groups is 2. The highest BCUT2D eigenvalue weighted by Crippen LogP contribution is 2.16. The number of nitrogens with one attached hydrogen (secondary N) is 2. The van der Waals surface area contributed by atoms with E-state index in [9.17, 15) is 9.59 Å². The minimum atomic E-state index is -0.489. The molecule has 2 N–H and O–H groups in total. The highest BCUT2D eigenvalue weighted by atomic mass is 35.5. The van der Waals surface area contributed by atoms with Gasteiger partial charge in [-0.3, -0.25) is 25.4 Å². The lowest BCUT2D eigenvalue weighted by Gasteiger charge is -2.08. The van der Waals surface area contributed by atoms with E-state index < -0.39 is 11.8 Å². The Balaban J connectivity index is 1.76. The molecule has 0 aliphatic carbocycles. The van der Waals surface area contributed by atoms with Crippen LogP contribution < -0.4 is 15.6 Å². The second-order valence-corrected chi connectivity index (χ2v) is 4.42. The first-order valence-electron chi connectivity index (χ1n) is 6.03. The summed E-state index contributed by atoms with van der Waals surface area (Å²) in [4.78, 5) is 27.0. The number of hydrogen-bond acceptors (Lipinski definition) is 4. The van der Waals surface area contributed by atoms with E-state index in [0.717, 1.165) is 0 Å². The van der Waals surface area contributed by atoms with Crippen LogP contribution in [0.4, 0.5) is 0 Å². The van der Waals surface area contributed by atoms with Crippen molar-refractivity contribution in [2.45, 2.75) is 0 Å². The van der Waals surface area contributed by atoms with Crippen molar-refractivity contribution in [1.82, 2.24) is 15.8 Å². The standard InChI is InChI=1S/C14H12ClN3O3/c15-11-2-1-3-12(8-11)21-9-13(19)17-18-14(20)10-4-6-16-7-5-10/h1-8H,9H2,(H,17,19)(H,18,20). The number of nitrogens with zero attached hydrogens (tertiary/aromatic N) is 1. The van der Waals surface area contributed by atoms with Crippen molar-refractivity contribution in [1.29, 1.82) is 0 Å². The number of benzene rings is 1. The first-order chi connectivity index (χ1) is 10.1. The summed E-state index contributed by atoms with van der Waals surface area (Å²) in [5.41, 5.74) is 4.91. The van der Waals surface area contributed by atoms with Crippen molar-refractivity contribution in [2.75, 3.05) is 6.61 Å². The molecule has 0 bridgehead atoms. The molecular formula is C14H12ClN3O3. The topological polar surface area (TPSA) is 80.3 Å². The van der Waals surface area contributed by atoms with Gasteiger partial charge in [-0.25, -0.2) is 0 Å². The fraction of sp³-hybridized carbons (Fsp3) is 0.0714. The molecule has 2 rings (SSSR count). The summed E-state index contributed by atoms with van der Waals surface area (Å²) in [6, 6.07) is 9.73. The SMILES string of the molecule is O=C(COc1cccc(Cl)c1)NNC(=O)c1ccncc1. The number of hydrazine groups is 1. The normalized spacial score (nSPS) is 9.76. The maximum atomic E-state index is 11.7. The second-order valence-electron chi connectivity index (χ2n) is 3.98. The molecule has 0 unspecified atom stereocenters. The molecule has 0 radical (unpaired) electrons. The second kappa shape index (κ2) is 7.25. The number of pyridine rings is 1. The van der Waals surface area contributed by atoms with Crippen molar-refractivity contribution >= 4 is 23.4 Å². The highest BCUT2D eigenvalue weighted by molar-refractivity contribution is 6.30. The zero-order valence-corrected chi connectivity index (χ0v) is 11.6.